The molecule has 0 fully saturated rings. The number of rotatable bonds is 3. The van der Waals surface area contributed by atoms with Crippen LogP contribution in [0.25, 0.3) is 55.6 Å². The van der Waals surface area contributed by atoms with Gasteiger partial charge in [-0.05, 0) is 59.5 Å². The Morgan fingerprint density at radius 2 is 1.41 bits per heavy atom. The Bertz CT molecular complexity index is 1580. The highest BCUT2D eigenvalue weighted by Crippen LogP contribution is 2.36. The van der Waals surface area contributed by atoms with E-state index in [2.05, 4.69) is 65.4 Å². The van der Waals surface area contributed by atoms with Crippen LogP contribution in [0, 0.1) is 6.92 Å². The van der Waals surface area contributed by atoms with Gasteiger partial charge in [0.25, 0.3) is 0 Å². The Labute approximate surface area is 186 Å². The number of nitrogens with zero attached hydrogens (tertiary/aromatic N) is 2. The van der Waals surface area contributed by atoms with E-state index in [-0.39, 0.29) is 0 Å². The van der Waals surface area contributed by atoms with Crippen molar-refractivity contribution in [3.63, 3.8) is 0 Å². The predicted octanol–water partition coefficient (Wildman–Crippen LogP) is 7.69. The lowest BCUT2D eigenvalue weighted by Crippen LogP contribution is -1.89. The molecule has 3 heterocycles. The maximum Gasteiger partial charge on any atom is 0.161 e. The van der Waals surface area contributed by atoms with E-state index in [1.807, 2.05) is 54.9 Å². The highest BCUT2D eigenvalue weighted by molar-refractivity contribution is 6.07. The van der Waals surface area contributed by atoms with Crippen LogP contribution >= 0.6 is 0 Å². The number of furan rings is 1. The van der Waals surface area contributed by atoms with Crippen molar-refractivity contribution in [2.24, 2.45) is 0 Å². The van der Waals surface area contributed by atoms with E-state index in [1.54, 1.807) is 0 Å². The fourth-order valence-corrected chi connectivity index (χ4v) is 4.35. The van der Waals surface area contributed by atoms with Crippen LogP contribution < -0.4 is 0 Å². The van der Waals surface area contributed by atoms with Crippen molar-refractivity contribution in [1.29, 1.82) is 0 Å². The summed E-state index contributed by atoms with van der Waals surface area (Å²) in [5, 5.41) is 1.04. The van der Waals surface area contributed by atoms with Gasteiger partial charge in [-0.15, -0.1) is 0 Å². The third kappa shape index (κ3) is 3.07. The first-order valence-corrected chi connectivity index (χ1v) is 10.7. The minimum absolute atomic E-state index is 0.830. The molecule has 3 heteroatoms. The molecule has 3 nitrogen and oxygen atoms in total. The lowest BCUT2D eigenvalue weighted by molar-refractivity contribution is 0.669. The van der Waals surface area contributed by atoms with Gasteiger partial charge in [0.2, 0.25) is 0 Å². The normalized spacial score (nSPS) is 11.3. The molecule has 3 aromatic carbocycles. The van der Waals surface area contributed by atoms with Crippen molar-refractivity contribution in [2.75, 3.05) is 0 Å². The molecule has 0 unspecified atom stereocenters. The van der Waals surface area contributed by atoms with Crippen molar-refractivity contribution in [2.45, 2.75) is 6.92 Å². The topological polar surface area (TPSA) is 38.9 Å². The van der Waals surface area contributed by atoms with E-state index < -0.39 is 0 Å². The zero-order valence-electron chi connectivity index (χ0n) is 17.6. The minimum Gasteiger partial charge on any atom is -0.454 e. The summed E-state index contributed by atoms with van der Waals surface area (Å²) >= 11 is 0. The fourth-order valence-electron chi connectivity index (χ4n) is 4.35. The molecule has 0 aliphatic rings. The number of pyridine rings is 2. The molecule has 0 N–H and O–H groups in total. The molecule has 0 aliphatic heterocycles. The van der Waals surface area contributed by atoms with Gasteiger partial charge in [-0.2, -0.15) is 0 Å². The van der Waals surface area contributed by atoms with Crippen LogP contribution in [0.1, 0.15) is 5.56 Å². The summed E-state index contributed by atoms with van der Waals surface area (Å²) < 4.78 is 6.19. The number of benzene rings is 3. The second-order valence-electron chi connectivity index (χ2n) is 7.96. The Kier molecular flexibility index (Phi) is 4.32. The summed E-state index contributed by atoms with van der Waals surface area (Å²) in [5.41, 5.74) is 10.4. The molecule has 6 rings (SSSR count). The molecule has 0 saturated heterocycles. The largest absolute Gasteiger partial charge is 0.454 e. The Hall–Kier alpha value is -4.24. The molecular weight excluding hydrogens is 392 g/mol. The van der Waals surface area contributed by atoms with E-state index in [9.17, 15) is 0 Å². The van der Waals surface area contributed by atoms with Crippen molar-refractivity contribution in [3.8, 4) is 33.5 Å². The van der Waals surface area contributed by atoms with Crippen molar-refractivity contribution >= 4 is 22.1 Å². The van der Waals surface area contributed by atoms with Crippen molar-refractivity contribution < 1.29 is 4.42 Å². The molecule has 0 amide bonds. The molecule has 0 bridgehead atoms. The summed E-state index contributed by atoms with van der Waals surface area (Å²) in [6, 6.07) is 31.1. The molecular formula is C29H20N2O. The smallest absolute Gasteiger partial charge is 0.161 e. The van der Waals surface area contributed by atoms with E-state index in [4.69, 9.17) is 4.42 Å². The standard InChI is InChI=1S/C29H20N2O/c1-19-17-21(24-14-16-31-28-25-9-5-6-10-27(25)32-29(24)28)11-12-23(19)22-13-15-30-26(18-22)20-7-3-2-4-8-20/h2-18H,1H3. The summed E-state index contributed by atoms with van der Waals surface area (Å²) in [6.45, 7) is 2.15. The van der Waals surface area contributed by atoms with Gasteiger partial charge >= 0.3 is 0 Å². The number of aromatic nitrogens is 2. The van der Waals surface area contributed by atoms with Gasteiger partial charge in [0.1, 0.15) is 11.1 Å². The quantitative estimate of drug-likeness (QED) is 0.299. The maximum atomic E-state index is 6.19. The van der Waals surface area contributed by atoms with E-state index in [1.165, 1.54) is 11.1 Å². The highest BCUT2D eigenvalue weighted by atomic mass is 16.3. The van der Waals surface area contributed by atoms with Crippen LogP contribution in [0.3, 0.4) is 0 Å². The molecule has 152 valence electrons. The monoisotopic (exact) mass is 412 g/mol. The minimum atomic E-state index is 0.830. The van der Waals surface area contributed by atoms with Crippen LogP contribution in [0.15, 0.2) is 108 Å². The lowest BCUT2D eigenvalue weighted by atomic mass is 9.95. The molecule has 32 heavy (non-hydrogen) atoms. The van der Waals surface area contributed by atoms with Crippen LogP contribution in [0.2, 0.25) is 0 Å². The molecule has 0 aliphatic carbocycles. The highest BCUT2D eigenvalue weighted by Gasteiger charge is 2.14. The van der Waals surface area contributed by atoms with Gasteiger partial charge < -0.3 is 4.42 Å². The second kappa shape index (κ2) is 7.47. The summed E-state index contributed by atoms with van der Waals surface area (Å²) in [6.07, 6.45) is 3.74. The third-order valence-corrected chi connectivity index (χ3v) is 5.94. The summed E-state index contributed by atoms with van der Waals surface area (Å²) in [7, 11) is 0. The fraction of sp³-hybridized carbons (Fsp3) is 0.0345. The van der Waals surface area contributed by atoms with Gasteiger partial charge in [0, 0.05) is 28.9 Å². The van der Waals surface area contributed by atoms with Gasteiger partial charge in [0.05, 0.1) is 5.69 Å². The predicted molar refractivity (Wildman–Crippen MR) is 130 cm³/mol. The SMILES string of the molecule is Cc1cc(-c2ccnc3c2oc2ccccc23)ccc1-c1ccnc(-c2ccccc2)c1. The first-order chi connectivity index (χ1) is 15.8. The van der Waals surface area contributed by atoms with Crippen molar-refractivity contribution in [1.82, 2.24) is 9.97 Å². The summed E-state index contributed by atoms with van der Waals surface area (Å²) in [4.78, 5) is 9.15. The average molecular weight is 412 g/mol. The number of hydrogen-bond acceptors (Lipinski definition) is 3. The maximum absolute atomic E-state index is 6.19. The second-order valence-corrected chi connectivity index (χ2v) is 7.96. The third-order valence-electron chi connectivity index (χ3n) is 5.94. The van der Waals surface area contributed by atoms with E-state index in [0.717, 1.165) is 50.0 Å². The van der Waals surface area contributed by atoms with E-state index >= 15 is 0 Å². The molecule has 6 aromatic rings. The zero-order chi connectivity index (χ0) is 21.5. The van der Waals surface area contributed by atoms with Crippen LogP contribution in [0.5, 0.6) is 0 Å². The van der Waals surface area contributed by atoms with Gasteiger partial charge in [-0.3, -0.25) is 9.97 Å². The van der Waals surface area contributed by atoms with E-state index in [0.29, 0.717) is 0 Å². The number of fused-ring (bicyclic) bond motifs is 3. The number of para-hydroxylation sites is 1. The average Bonchev–Trinajstić information content (AvgIpc) is 3.23. The zero-order valence-corrected chi connectivity index (χ0v) is 17.6. The van der Waals surface area contributed by atoms with Crippen molar-refractivity contribution in [3.05, 3.63) is 109 Å². The first kappa shape index (κ1) is 18.5. The van der Waals surface area contributed by atoms with Gasteiger partial charge in [-0.25, -0.2) is 0 Å². The van der Waals surface area contributed by atoms with Crippen LogP contribution in [0.4, 0.5) is 0 Å². The molecule has 0 spiro atoms. The molecule has 0 atom stereocenters. The molecule has 3 aromatic heterocycles. The Morgan fingerprint density at radius 3 is 2.28 bits per heavy atom. The summed E-state index contributed by atoms with van der Waals surface area (Å²) in [5.74, 6) is 0. The van der Waals surface area contributed by atoms with Gasteiger partial charge in [0.15, 0.2) is 5.58 Å². The molecule has 0 radical (unpaired) electrons. The van der Waals surface area contributed by atoms with Gasteiger partial charge in [-0.1, -0.05) is 60.7 Å². The number of hydrogen-bond donors (Lipinski definition) is 0. The van der Waals surface area contributed by atoms with Crippen LogP contribution in [-0.2, 0) is 0 Å². The lowest BCUT2D eigenvalue weighted by Gasteiger charge is -2.11. The first-order valence-electron chi connectivity index (χ1n) is 10.7. The Balaban J connectivity index is 1.44. The van der Waals surface area contributed by atoms with Crippen LogP contribution in [-0.4, -0.2) is 9.97 Å². The number of aryl methyl sites for hydroxylation is 1. The molecule has 0 saturated carbocycles. The Morgan fingerprint density at radius 1 is 0.625 bits per heavy atom.